The molecule has 2 aromatic rings. The molecule has 0 atom stereocenters. The lowest BCUT2D eigenvalue weighted by molar-refractivity contribution is 0.178. The molecule has 3 heteroatoms. The molecule has 0 amide bonds. The number of rotatable bonds is 5. The summed E-state index contributed by atoms with van der Waals surface area (Å²) >= 11 is 0. The molecule has 1 aliphatic rings. The Labute approximate surface area is 121 Å². The summed E-state index contributed by atoms with van der Waals surface area (Å²) in [6.45, 7) is 7.22. The second-order valence-electron chi connectivity index (χ2n) is 5.97. The summed E-state index contributed by atoms with van der Waals surface area (Å²) in [7, 11) is 0. The first-order valence-electron chi connectivity index (χ1n) is 7.99. The molecule has 0 radical (unpaired) electrons. The number of aryl methyl sites for hydroxylation is 1. The van der Waals surface area contributed by atoms with E-state index >= 15 is 0 Å². The number of para-hydroxylation sites is 2. The van der Waals surface area contributed by atoms with Crippen LogP contribution < -0.4 is 0 Å². The van der Waals surface area contributed by atoms with Crippen molar-refractivity contribution in [1.82, 2.24) is 14.5 Å². The van der Waals surface area contributed by atoms with E-state index < -0.39 is 0 Å². The van der Waals surface area contributed by atoms with Crippen molar-refractivity contribution in [2.75, 3.05) is 19.6 Å². The van der Waals surface area contributed by atoms with Crippen molar-refractivity contribution < 1.29 is 0 Å². The minimum absolute atomic E-state index is 0.976. The van der Waals surface area contributed by atoms with Crippen molar-refractivity contribution >= 4 is 11.0 Å². The predicted molar refractivity (Wildman–Crippen MR) is 83.8 cm³/mol. The number of nitrogens with zero attached hydrogens (tertiary/aromatic N) is 3. The fourth-order valence-corrected chi connectivity index (χ4v) is 3.27. The van der Waals surface area contributed by atoms with Crippen molar-refractivity contribution in [2.45, 2.75) is 39.2 Å². The van der Waals surface area contributed by atoms with Crippen LogP contribution in [-0.4, -0.2) is 34.1 Å². The molecule has 0 saturated carbocycles. The van der Waals surface area contributed by atoms with Gasteiger partial charge in [-0.05, 0) is 56.9 Å². The van der Waals surface area contributed by atoms with Gasteiger partial charge in [0.15, 0.2) is 0 Å². The first-order chi connectivity index (χ1) is 9.86. The lowest BCUT2D eigenvalue weighted by Crippen LogP contribution is -2.34. The number of fused-ring (bicyclic) bond motifs is 1. The second-order valence-corrected chi connectivity index (χ2v) is 5.97. The van der Waals surface area contributed by atoms with E-state index in [1.807, 2.05) is 6.33 Å². The van der Waals surface area contributed by atoms with Gasteiger partial charge >= 0.3 is 0 Å². The Morgan fingerprint density at radius 2 is 1.95 bits per heavy atom. The maximum absolute atomic E-state index is 4.45. The zero-order chi connectivity index (χ0) is 13.8. The standard InChI is InChI=1S/C17H25N3/c1-2-15-8-12-19(13-9-15)10-5-11-20-14-18-16-6-3-4-7-17(16)20/h3-4,6-7,14-15H,2,5,8-13H2,1H3. The molecular weight excluding hydrogens is 246 g/mol. The highest BCUT2D eigenvalue weighted by Gasteiger charge is 2.17. The van der Waals surface area contributed by atoms with E-state index in [0.29, 0.717) is 0 Å². The van der Waals surface area contributed by atoms with Gasteiger partial charge in [0, 0.05) is 6.54 Å². The van der Waals surface area contributed by atoms with E-state index in [0.717, 1.165) is 18.0 Å². The third kappa shape index (κ3) is 3.04. The smallest absolute Gasteiger partial charge is 0.0958 e. The Morgan fingerprint density at radius 1 is 1.15 bits per heavy atom. The van der Waals surface area contributed by atoms with Crippen LogP contribution in [0.3, 0.4) is 0 Å². The Morgan fingerprint density at radius 3 is 2.75 bits per heavy atom. The number of aromatic nitrogens is 2. The van der Waals surface area contributed by atoms with E-state index in [2.05, 4.69) is 45.6 Å². The molecule has 0 bridgehead atoms. The average molecular weight is 271 g/mol. The zero-order valence-corrected chi connectivity index (χ0v) is 12.5. The van der Waals surface area contributed by atoms with E-state index in [-0.39, 0.29) is 0 Å². The molecule has 20 heavy (non-hydrogen) atoms. The van der Waals surface area contributed by atoms with Crippen molar-refractivity contribution in [3.05, 3.63) is 30.6 Å². The summed E-state index contributed by atoms with van der Waals surface area (Å²) in [6.07, 6.45) is 7.34. The quantitative estimate of drug-likeness (QED) is 0.829. The molecule has 3 rings (SSSR count). The molecule has 0 aliphatic carbocycles. The number of likely N-dealkylation sites (tertiary alicyclic amines) is 1. The van der Waals surface area contributed by atoms with Crippen LogP contribution >= 0.6 is 0 Å². The molecule has 1 aromatic carbocycles. The maximum Gasteiger partial charge on any atom is 0.0958 e. The van der Waals surface area contributed by atoms with Gasteiger partial charge in [0.25, 0.3) is 0 Å². The molecule has 0 spiro atoms. The van der Waals surface area contributed by atoms with Crippen LogP contribution in [0.4, 0.5) is 0 Å². The van der Waals surface area contributed by atoms with Gasteiger partial charge in [-0.15, -0.1) is 0 Å². The number of piperidine rings is 1. The summed E-state index contributed by atoms with van der Waals surface area (Å²) in [4.78, 5) is 7.08. The van der Waals surface area contributed by atoms with Crippen molar-refractivity contribution in [3.63, 3.8) is 0 Å². The molecule has 1 fully saturated rings. The summed E-state index contributed by atoms with van der Waals surface area (Å²) in [5.41, 5.74) is 2.37. The molecule has 1 aromatic heterocycles. The van der Waals surface area contributed by atoms with Crippen LogP contribution in [0.25, 0.3) is 11.0 Å². The van der Waals surface area contributed by atoms with Gasteiger partial charge in [0.2, 0.25) is 0 Å². The highest BCUT2D eigenvalue weighted by molar-refractivity contribution is 5.74. The summed E-state index contributed by atoms with van der Waals surface area (Å²) in [5, 5.41) is 0. The fourth-order valence-electron chi connectivity index (χ4n) is 3.27. The maximum atomic E-state index is 4.45. The Balaban J connectivity index is 1.48. The van der Waals surface area contributed by atoms with Gasteiger partial charge in [-0.2, -0.15) is 0 Å². The second kappa shape index (κ2) is 6.40. The molecule has 0 unspecified atom stereocenters. The normalized spacial score (nSPS) is 17.9. The van der Waals surface area contributed by atoms with Gasteiger partial charge < -0.3 is 9.47 Å². The first-order valence-corrected chi connectivity index (χ1v) is 7.99. The first kappa shape index (κ1) is 13.6. The molecule has 108 valence electrons. The molecule has 2 heterocycles. The van der Waals surface area contributed by atoms with Crippen molar-refractivity contribution in [1.29, 1.82) is 0 Å². The van der Waals surface area contributed by atoms with Crippen LogP contribution in [0.2, 0.25) is 0 Å². The molecule has 3 nitrogen and oxygen atoms in total. The third-order valence-corrected chi connectivity index (χ3v) is 4.69. The van der Waals surface area contributed by atoms with Gasteiger partial charge in [-0.3, -0.25) is 0 Å². The van der Waals surface area contributed by atoms with E-state index in [9.17, 15) is 0 Å². The van der Waals surface area contributed by atoms with Crippen LogP contribution in [0.15, 0.2) is 30.6 Å². The lowest BCUT2D eigenvalue weighted by atomic mass is 9.94. The Bertz CT molecular complexity index is 538. The van der Waals surface area contributed by atoms with Crippen molar-refractivity contribution in [3.8, 4) is 0 Å². The number of benzene rings is 1. The third-order valence-electron chi connectivity index (χ3n) is 4.69. The lowest BCUT2D eigenvalue weighted by Gasteiger charge is -2.31. The summed E-state index contributed by atoms with van der Waals surface area (Å²) in [6, 6.07) is 8.39. The highest BCUT2D eigenvalue weighted by Crippen LogP contribution is 2.20. The predicted octanol–water partition coefficient (Wildman–Crippen LogP) is 3.55. The largest absolute Gasteiger partial charge is 0.331 e. The summed E-state index contributed by atoms with van der Waals surface area (Å²) < 4.78 is 2.29. The molecule has 1 saturated heterocycles. The number of imidazole rings is 1. The molecule has 0 N–H and O–H groups in total. The minimum Gasteiger partial charge on any atom is -0.331 e. The van der Waals surface area contributed by atoms with Crippen LogP contribution in [0.1, 0.15) is 32.6 Å². The van der Waals surface area contributed by atoms with Crippen LogP contribution in [-0.2, 0) is 6.54 Å². The van der Waals surface area contributed by atoms with Crippen LogP contribution in [0, 0.1) is 5.92 Å². The zero-order valence-electron chi connectivity index (χ0n) is 12.5. The monoisotopic (exact) mass is 271 g/mol. The molecular formula is C17H25N3. The topological polar surface area (TPSA) is 21.1 Å². The Kier molecular flexibility index (Phi) is 4.36. The van der Waals surface area contributed by atoms with Gasteiger partial charge in [0.1, 0.15) is 0 Å². The summed E-state index contributed by atoms with van der Waals surface area (Å²) in [5.74, 6) is 0.976. The number of hydrogen-bond donors (Lipinski definition) is 0. The van der Waals surface area contributed by atoms with E-state index in [4.69, 9.17) is 0 Å². The van der Waals surface area contributed by atoms with Gasteiger partial charge in [-0.1, -0.05) is 25.5 Å². The molecule has 1 aliphatic heterocycles. The fraction of sp³-hybridized carbons (Fsp3) is 0.588. The van der Waals surface area contributed by atoms with Gasteiger partial charge in [0.05, 0.1) is 17.4 Å². The van der Waals surface area contributed by atoms with Crippen molar-refractivity contribution in [2.24, 2.45) is 5.92 Å². The highest BCUT2D eigenvalue weighted by atomic mass is 15.1. The average Bonchev–Trinajstić information content (AvgIpc) is 2.92. The number of hydrogen-bond acceptors (Lipinski definition) is 2. The SMILES string of the molecule is CCC1CCN(CCCn2cnc3ccccc32)CC1. The minimum atomic E-state index is 0.976. The van der Waals surface area contributed by atoms with Crippen LogP contribution in [0.5, 0.6) is 0 Å². The van der Waals surface area contributed by atoms with E-state index in [1.54, 1.807) is 0 Å². The Hall–Kier alpha value is -1.35. The van der Waals surface area contributed by atoms with E-state index in [1.165, 1.54) is 50.8 Å². The van der Waals surface area contributed by atoms with Gasteiger partial charge in [-0.25, -0.2) is 4.98 Å².